The highest BCUT2D eigenvalue weighted by molar-refractivity contribution is 5.98. The summed E-state index contributed by atoms with van der Waals surface area (Å²) in [6.45, 7) is 2.71. The van der Waals surface area contributed by atoms with E-state index in [1.807, 2.05) is 60.4 Å². The molecule has 1 heterocycles. The number of hydrogen-bond donors (Lipinski definition) is 1. The summed E-state index contributed by atoms with van der Waals surface area (Å²) in [7, 11) is 0. The first-order valence-corrected chi connectivity index (χ1v) is 9.79. The van der Waals surface area contributed by atoms with Crippen molar-refractivity contribution in [3.8, 4) is 11.1 Å². The maximum Gasteiger partial charge on any atom is 0.254 e. The fourth-order valence-electron chi connectivity index (χ4n) is 3.79. The number of rotatable bonds is 6. The van der Waals surface area contributed by atoms with Crippen LogP contribution in [0.2, 0.25) is 0 Å². The Morgan fingerprint density at radius 1 is 1.04 bits per heavy atom. The van der Waals surface area contributed by atoms with E-state index >= 15 is 0 Å². The van der Waals surface area contributed by atoms with Gasteiger partial charge in [-0.3, -0.25) is 9.59 Å². The Bertz CT molecular complexity index is 813. The second-order valence-electron chi connectivity index (χ2n) is 7.10. The highest BCUT2D eigenvalue weighted by Gasteiger charge is 2.27. The molecule has 1 aliphatic heterocycles. The zero-order chi connectivity index (χ0) is 19.2. The fraction of sp³-hybridized carbons (Fsp3) is 0.391. The zero-order valence-electron chi connectivity index (χ0n) is 15.9. The fourth-order valence-corrected chi connectivity index (χ4v) is 3.79. The molecule has 4 nitrogen and oxygen atoms in total. The van der Waals surface area contributed by atoms with Crippen LogP contribution in [0.1, 0.15) is 59.7 Å². The number of ketones is 1. The van der Waals surface area contributed by atoms with Crippen LogP contribution in [0.3, 0.4) is 0 Å². The number of aliphatic hydroxyl groups is 1. The van der Waals surface area contributed by atoms with Gasteiger partial charge in [0.1, 0.15) is 0 Å². The average molecular weight is 365 g/mol. The summed E-state index contributed by atoms with van der Waals surface area (Å²) in [4.78, 5) is 27.0. The molecular weight excluding hydrogens is 338 g/mol. The van der Waals surface area contributed by atoms with Crippen molar-refractivity contribution in [1.29, 1.82) is 0 Å². The normalized spacial score (nSPS) is 17.0. The average Bonchev–Trinajstić information content (AvgIpc) is 2.73. The molecule has 27 heavy (non-hydrogen) atoms. The van der Waals surface area contributed by atoms with Crippen LogP contribution in [0.4, 0.5) is 0 Å². The van der Waals surface area contributed by atoms with E-state index in [0.29, 0.717) is 24.0 Å². The highest BCUT2D eigenvalue weighted by Crippen LogP contribution is 2.25. The van der Waals surface area contributed by atoms with Gasteiger partial charge in [0.2, 0.25) is 0 Å². The number of carbonyl (C=O) groups is 2. The van der Waals surface area contributed by atoms with E-state index in [0.717, 1.165) is 36.9 Å². The highest BCUT2D eigenvalue weighted by atomic mass is 16.3. The van der Waals surface area contributed by atoms with Gasteiger partial charge in [0, 0.05) is 36.7 Å². The number of carbonyl (C=O) groups excluding carboxylic acids is 2. The van der Waals surface area contributed by atoms with E-state index < -0.39 is 0 Å². The minimum Gasteiger partial charge on any atom is -0.396 e. The monoisotopic (exact) mass is 365 g/mol. The first-order chi connectivity index (χ1) is 13.1. The summed E-state index contributed by atoms with van der Waals surface area (Å²) in [5.74, 6) is 0.139. The van der Waals surface area contributed by atoms with Crippen molar-refractivity contribution >= 4 is 11.7 Å². The molecule has 2 aromatic carbocycles. The molecule has 0 saturated carbocycles. The zero-order valence-corrected chi connectivity index (χ0v) is 15.9. The molecule has 2 aromatic rings. The topological polar surface area (TPSA) is 57.6 Å². The second-order valence-corrected chi connectivity index (χ2v) is 7.10. The Balaban J connectivity index is 1.87. The number of piperidine rings is 1. The van der Waals surface area contributed by atoms with Crippen molar-refractivity contribution in [1.82, 2.24) is 4.90 Å². The lowest BCUT2D eigenvalue weighted by atomic mass is 9.96. The van der Waals surface area contributed by atoms with E-state index in [1.54, 1.807) is 0 Å². The van der Waals surface area contributed by atoms with Crippen LogP contribution in [0.15, 0.2) is 48.5 Å². The van der Waals surface area contributed by atoms with Crippen LogP contribution in [0.5, 0.6) is 0 Å². The van der Waals surface area contributed by atoms with E-state index in [-0.39, 0.29) is 24.3 Å². The first kappa shape index (κ1) is 19.3. The molecule has 1 amide bonds. The quantitative estimate of drug-likeness (QED) is 0.776. The molecule has 3 rings (SSSR count). The van der Waals surface area contributed by atoms with Gasteiger partial charge in [-0.1, -0.05) is 37.3 Å². The number of benzene rings is 2. The van der Waals surface area contributed by atoms with Crippen molar-refractivity contribution in [3.63, 3.8) is 0 Å². The Morgan fingerprint density at radius 2 is 1.70 bits per heavy atom. The van der Waals surface area contributed by atoms with Gasteiger partial charge in [-0.05, 0) is 55.0 Å². The molecule has 1 fully saturated rings. The summed E-state index contributed by atoms with van der Waals surface area (Å²) in [6.07, 6.45) is 4.17. The third-order valence-corrected chi connectivity index (χ3v) is 5.30. The molecule has 0 spiro atoms. The van der Waals surface area contributed by atoms with Gasteiger partial charge in [-0.25, -0.2) is 0 Å². The van der Waals surface area contributed by atoms with E-state index in [2.05, 4.69) is 0 Å². The molecule has 4 heteroatoms. The van der Waals surface area contributed by atoms with Gasteiger partial charge in [-0.15, -0.1) is 0 Å². The van der Waals surface area contributed by atoms with Crippen molar-refractivity contribution in [2.24, 2.45) is 0 Å². The number of amides is 1. The molecule has 0 unspecified atom stereocenters. The van der Waals surface area contributed by atoms with Crippen LogP contribution < -0.4 is 0 Å². The Labute approximate surface area is 160 Å². The minimum absolute atomic E-state index is 0.0239. The predicted octanol–water partition coefficient (Wildman–Crippen LogP) is 4.32. The lowest BCUT2D eigenvalue weighted by Crippen LogP contribution is -2.44. The van der Waals surface area contributed by atoms with Crippen molar-refractivity contribution in [2.75, 3.05) is 13.2 Å². The predicted molar refractivity (Wildman–Crippen MR) is 107 cm³/mol. The maximum absolute atomic E-state index is 13.1. The summed E-state index contributed by atoms with van der Waals surface area (Å²) >= 11 is 0. The Kier molecular flexibility index (Phi) is 6.40. The lowest BCUT2D eigenvalue weighted by Gasteiger charge is -2.35. The lowest BCUT2D eigenvalue weighted by molar-refractivity contribution is 0.0574. The van der Waals surface area contributed by atoms with Gasteiger partial charge in [0.05, 0.1) is 0 Å². The largest absolute Gasteiger partial charge is 0.396 e. The number of hydrogen-bond acceptors (Lipinski definition) is 3. The molecule has 142 valence electrons. The van der Waals surface area contributed by atoms with Gasteiger partial charge in [0.15, 0.2) is 5.78 Å². The summed E-state index contributed by atoms with van der Waals surface area (Å²) in [5, 5.41) is 9.31. The smallest absolute Gasteiger partial charge is 0.254 e. The van der Waals surface area contributed by atoms with Gasteiger partial charge >= 0.3 is 0 Å². The molecule has 1 aliphatic rings. The summed E-state index contributed by atoms with van der Waals surface area (Å²) in [5.41, 5.74) is 3.23. The maximum atomic E-state index is 13.1. The Hall–Kier alpha value is -2.46. The van der Waals surface area contributed by atoms with Crippen LogP contribution >= 0.6 is 0 Å². The third kappa shape index (κ3) is 4.45. The van der Waals surface area contributed by atoms with Crippen molar-refractivity contribution < 1.29 is 14.7 Å². The van der Waals surface area contributed by atoms with Gasteiger partial charge in [0.25, 0.3) is 5.91 Å². The Morgan fingerprint density at radius 3 is 2.37 bits per heavy atom. The number of likely N-dealkylation sites (tertiary alicyclic amines) is 1. The molecule has 1 N–H and O–H groups in total. The van der Waals surface area contributed by atoms with Crippen molar-refractivity contribution in [3.05, 3.63) is 59.7 Å². The molecule has 0 radical (unpaired) electrons. The van der Waals surface area contributed by atoms with E-state index in [9.17, 15) is 14.7 Å². The van der Waals surface area contributed by atoms with E-state index in [1.165, 1.54) is 0 Å². The van der Waals surface area contributed by atoms with Gasteiger partial charge in [-0.2, -0.15) is 0 Å². The van der Waals surface area contributed by atoms with E-state index in [4.69, 9.17) is 0 Å². The second kappa shape index (κ2) is 8.96. The molecule has 0 aliphatic carbocycles. The first-order valence-electron chi connectivity index (χ1n) is 9.79. The van der Waals surface area contributed by atoms with Crippen LogP contribution in [-0.4, -0.2) is 40.9 Å². The number of nitrogens with zero attached hydrogens (tertiary/aromatic N) is 1. The van der Waals surface area contributed by atoms with Crippen LogP contribution in [0, 0.1) is 0 Å². The standard InChI is InChI=1S/C23H27NO3/c1-2-22(26)19-9-5-7-17(15-19)18-8-6-10-20(16-18)23(27)24-13-4-3-11-21(24)12-14-25/h5-10,15-16,21,25H,2-4,11-14H2,1H3/t21-/m0/s1. The molecule has 1 saturated heterocycles. The molecule has 0 aromatic heterocycles. The van der Waals surface area contributed by atoms with Crippen LogP contribution in [0.25, 0.3) is 11.1 Å². The van der Waals surface area contributed by atoms with Crippen molar-refractivity contribution in [2.45, 2.75) is 45.1 Å². The number of aliphatic hydroxyl groups excluding tert-OH is 1. The van der Waals surface area contributed by atoms with Crippen LogP contribution in [-0.2, 0) is 0 Å². The third-order valence-electron chi connectivity index (χ3n) is 5.30. The number of Topliss-reactive ketones (excluding diaryl/α,β-unsaturated/α-hetero) is 1. The molecule has 1 atom stereocenters. The van der Waals surface area contributed by atoms with Gasteiger partial charge < -0.3 is 10.0 Å². The molecular formula is C23H27NO3. The molecule has 0 bridgehead atoms. The minimum atomic E-state index is 0.0239. The summed E-state index contributed by atoms with van der Waals surface area (Å²) in [6, 6.07) is 15.3. The summed E-state index contributed by atoms with van der Waals surface area (Å²) < 4.78 is 0. The SMILES string of the molecule is CCC(=O)c1cccc(-c2cccc(C(=O)N3CCCC[C@H]3CCO)c2)c1.